The Morgan fingerprint density at radius 1 is 0.848 bits per heavy atom. The molecule has 5 aromatic carbocycles. The van der Waals surface area contributed by atoms with E-state index in [1.165, 1.54) is 4.68 Å². The monoisotopic (exact) mass is 605 g/mol. The molecule has 0 saturated heterocycles. The van der Waals surface area contributed by atoms with Crippen LogP contribution in [0.3, 0.4) is 0 Å². The van der Waals surface area contributed by atoms with Gasteiger partial charge in [-0.3, -0.25) is 4.79 Å². The van der Waals surface area contributed by atoms with Gasteiger partial charge in [-0.25, -0.2) is 4.98 Å². The van der Waals surface area contributed by atoms with Gasteiger partial charge in [0.15, 0.2) is 17.3 Å². The standard InChI is InChI=1S/C39H31N3O4/c1-3-12-29-21-26(22-35(44-4-2)37(29)45-25-30-16-11-15-27-13-5-7-17-31(27)30)24-40-42-38(36-23-28-14-6-10-20-34(28)46-36)41-33-19-9-8-18-32(33)39(42)43/h3,5-11,13-24H,1,4,12,25H2,2H3. The van der Waals surface area contributed by atoms with Crippen LogP contribution in [-0.2, 0) is 13.0 Å². The normalized spacial score (nSPS) is 11.5. The van der Waals surface area contributed by atoms with E-state index in [9.17, 15) is 4.79 Å². The molecule has 0 bridgehead atoms. The molecular weight excluding hydrogens is 574 g/mol. The van der Waals surface area contributed by atoms with Gasteiger partial charge in [-0.05, 0) is 71.6 Å². The Morgan fingerprint density at radius 2 is 1.61 bits per heavy atom. The lowest BCUT2D eigenvalue weighted by atomic mass is 10.0. The third-order valence-electron chi connectivity index (χ3n) is 7.79. The topological polar surface area (TPSA) is 78.9 Å². The zero-order valence-electron chi connectivity index (χ0n) is 25.4. The van der Waals surface area contributed by atoms with E-state index in [-0.39, 0.29) is 5.56 Å². The summed E-state index contributed by atoms with van der Waals surface area (Å²) in [6.45, 7) is 6.72. The molecule has 2 aromatic heterocycles. The number of allylic oxidation sites excluding steroid dienone is 1. The van der Waals surface area contributed by atoms with Crippen LogP contribution in [-0.4, -0.2) is 22.5 Å². The zero-order valence-corrected chi connectivity index (χ0v) is 25.4. The summed E-state index contributed by atoms with van der Waals surface area (Å²) < 4.78 is 20.0. The summed E-state index contributed by atoms with van der Waals surface area (Å²) in [6, 6.07) is 35.1. The van der Waals surface area contributed by atoms with Crippen LogP contribution in [0.1, 0.15) is 23.6 Å². The zero-order chi connectivity index (χ0) is 31.5. The summed E-state index contributed by atoms with van der Waals surface area (Å²) in [6.07, 6.45) is 4.01. The van der Waals surface area contributed by atoms with Gasteiger partial charge < -0.3 is 13.9 Å². The number of furan rings is 1. The molecule has 46 heavy (non-hydrogen) atoms. The highest BCUT2D eigenvalue weighted by atomic mass is 16.5. The number of para-hydroxylation sites is 2. The predicted octanol–water partition coefficient (Wildman–Crippen LogP) is 8.55. The lowest BCUT2D eigenvalue weighted by Gasteiger charge is -2.17. The van der Waals surface area contributed by atoms with Crippen LogP contribution in [0.5, 0.6) is 11.5 Å². The molecule has 0 atom stereocenters. The second-order valence-corrected chi connectivity index (χ2v) is 10.8. The fourth-order valence-corrected chi connectivity index (χ4v) is 5.67. The van der Waals surface area contributed by atoms with E-state index in [1.54, 1.807) is 12.3 Å². The molecule has 0 fully saturated rings. The summed E-state index contributed by atoms with van der Waals surface area (Å²) >= 11 is 0. The maximum atomic E-state index is 13.8. The van der Waals surface area contributed by atoms with E-state index < -0.39 is 0 Å². The van der Waals surface area contributed by atoms with E-state index in [0.717, 1.165) is 32.8 Å². The van der Waals surface area contributed by atoms with Gasteiger partial charge in [0.25, 0.3) is 5.56 Å². The average Bonchev–Trinajstić information content (AvgIpc) is 3.52. The van der Waals surface area contributed by atoms with Gasteiger partial charge in [0.05, 0.1) is 23.7 Å². The predicted molar refractivity (Wildman–Crippen MR) is 184 cm³/mol. The Bertz CT molecular complexity index is 2280. The molecule has 226 valence electrons. The van der Waals surface area contributed by atoms with Crippen LogP contribution in [0.25, 0.3) is 44.2 Å². The number of fused-ring (bicyclic) bond motifs is 3. The Morgan fingerprint density at radius 3 is 2.43 bits per heavy atom. The number of hydrogen-bond donors (Lipinski definition) is 0. The van der Waals surface area contributed by atoms with Gasteiger partial charge in [0.1, 0.15) is 12.2 Å². The van der Waals surface area contributed by atoms with Gasteiger partial charge in [-0.1, -0.05) is 78.9 Å². The largest absolute Gasteiger partial charge is 0.490 e. The van der Waals surface area contributed by atoms with Crippen LogP contribution >= 0.6 is 0 Å². The molecule has 2 heterocycles. The van der Waals surface area contributed by atoms with Crippen molar-refractivity contribution in [1.82, 2.24) is 9.66 Å². The Balaban J connectivity index is 1.30. The van der Waals surface area contributed by atoms with E-state index in [2.05, 4.69) is 35.9 Å². The first-order valence-electron chi connectivity index (χ1n) is 15.2. The number of benzene rings is 5. The maximum Gasteiger partial charge on any atom is 0.282 e. The molecule has 0 radical (unpaired) electrons. The first kappa shape index (κ1) is 28.8. The van der Waals surface area contributed by atoms with Crippen molar-refractivity contribution < 1.29 is 13.9 Å². The fraction of sp³-hybridized carbons (Fsp3) is 0.103. The highest BCUT2D eigenvalue weighted by Crippen LogP contribution is 2.35. The molecule has 0 aliphatic carbocycles. The Hall–Kier alpha value is -5.95. The second kappa shape index (κ2) is 12.6. The van der Waals surface area contributed by atoms with Crippen LogP contribution in [0.15, 0.2) is 136 Å². The summed E-state index contributed by atoms with van der Waals surface area (Å²) in [4.78, 5) is 18.6. The van der Waals surface area contributed by atoms with Gasteiger partial charge in [-0.15, -0.1) is 6.58 Å². The molecule has 0 saturated carbocycles. The van der Waals surface area contributed by atoms with Crippen molar-refractivity contribution in [1.29, 1.82) is 0 Å². The minimum absolute atomic E-state index is 0.302. The lowest BCUT2D eigenvalue weighted by Crippen LogP contribution is -2.20. The highest BCUT2D eigenvalue weighted by Gasteiger charge is 2.18. The molecule has 0 amide bonds. The SMILES string of the molecule is C=CCc1cc(C=Nn2c(-c3cc4ccccc4o3)nc3ccccc3c2=O)cc(OCC)c1OCc1cccc2ccccc12. The van der Waals surface area contributed by atoms with Gasteiger partial charge >= 0.3 is 0 Å². The number of rotatable bonds is 10. The van der Waals surface area contributed by atoms with Gasteiger partial charge in [0, 0.05) is 10.9 Å². The Kier molecular flexibility index (Phi) is 7.87. The van der Waals surface area contributed by atoms with E-state index in [0.29, 0.717) is 59.2 Å². The number of nitrogens with zero attached hydrogens (tertiary/aromatic N) is 3. The number of ether oxygens (including phenoxy) is 2. The molecule has 7 rings (SSSR count). The first-order chi connectivity index (χ1) is 22.6. The van der Waals surface area contributed by atoms with Crippen molar-refractivity contribution in [3.63, 3.8) is 0 Å². The van der Waals surface area contributed by atoms with Crippen LogP contribution < -0.4 is 15.0 Å². The average molecular weight is 606 g/mol. The molecule has 0 N–H and O–H groups in total. The van der Waals surface area contributed by atoms with Crippen molar-refractivity contribution in [2.45, 2.75) is 20.0 Å². The van der Waals surface area contributed by atoms with Crippen molar-refractivity contribution in [2.24, 2.45) is 5.10 Å². The van der Waals surface area contributed by atoms with Crippen molar-refractivity contribution in [2.75, 3.05) is 6.61 Å². The molecule has 7 aromatic rings. The number of hydrogen-bond acceptors (Lipinski definition) is 6. The van der Waals surface area contributed by atoms with Crippen molar-refractivity contribution >= 4 is 38.9 Å². The summed E-state index contributed by atoms with van der Waals surface area (Å²) in [5.74, 6) is 1.99. The summed E-state index contributed by atoms with van der Waals surface area (Å²) in [5, 5.41) is 8.34. The van der Waals surface area contributed by atoms with Gasteiger partial charge in [-0.2, -0.15) is 9.78 Å². The van der Waals surface area contributed by atoms with Crippen molar-refractivity contribution in [3.05, 3.63) is 149 Å². The first-order valence-corrected chi connectivity index (χ1v) is 15.2. The van der Waals surface area contributed by atoms with E-state index in [4.69, 9.17) is 18.9 Å². The molecule has 7 nitrogen and oxygen atoms in total. The highest BCUT2D eigenvalue weighted by molar-refractivity contribution is 5.86. The van der Waals surface area contributed by atoms with E-state index in [1.807, 2.05) is 91.9 Å². The minimum Gasteiger partial charge on any atom is -0.490 e. The fourth-order valence-electron chi connectivity index (χ4n) is 5.67. The van der Waals surface area contributed by atoms with Crippen LogP contribution in [0.4, 0.5) is 0 Å². The van der Waals surface area contributed by atoms with Gasteiger partial charge in [0.2, 0.25) is 5.82 Å². The third-order valence-corrected chi connectivity index (χ3v) is 7.79. The minimum atomic E-state index is -0.302. The Labute approximate surface area is 265 Å². The maximum absolute atomic E-state index is 13.8. The molecule has 0 spiro atoms. The molecule has 0 aliphatic heterocycles. The van der Waals surface area contributed by atoms with Crippen molar-refractivity contribution in [3.8, 4) is 23.1 Å². The summed E-state index contributed by atoms with van der Waals surface area (Å²) in [5.41, 5.74) is 3.66. The second-order valence-electron chi connectivity index (χ2n) is 10.8. The smallest absolute Gasteiger partial charge is 0.282 e. The quantitative estimate of drug-likeness (QED) is 0.115. The lowest BCUT2D eigenvalue weighted by molar-refractivity contribution is 0.268. The van der Waals surface area contributed by atoms with Crippen LogP contribution in [0.2, 0.25) is 0 Å². The molecule has 7 heteroatoms. The summed E-state index contributed by atoms with van der Waals surface area (Å²) in [7, 11) is 0. The molecular formula is C39H31N3O4. The third kappa shape index (κ3) is 5.55. The molecule has 0 aliphatic rings. The molecule has 0 unspecified atom stereocenters. The van der Waals surface area contributed by atoms with Crippen LogP contribution in [0, 0.1) is 0 Å². The van der Waals surface area contributed by atoms with E-state index >= 15 is 0 Å². The number of aromatic nitrogens is 2.